The number of amides is 1. The fourth-order valence-corrected chi connectivity index (χ4v) is 1.49. The molecule has 0 radical (unpaired) electrons. The molecular formula is C9H18N2O2. The van der Waals surface area contributed by atoms with Crippen LogP contribution in [-0.4, -0.2) is 41.1 Å². The van der Waals surface area contributed by atoms with Crippen LogP contribution in [0, 0.1) is 0 Å². The third kappa shape index (κ3) is 2.97. The van der Waals surface area contributed by atoms with Crippen molar-refractivity contribution >= 4 is 5.91 Å². The molecule has 0 saturated carbocycles. The normalized spacial score (nSPS) is 25.3. The first-order chi connectivity index (χ1) is 6.13. The number of β-amino-alcohol motifs (C(OH)–C–C–N with tert-alkyl or cyclic N) is 1. The second-order valence-electron chi connectivity index (χ2n) is 3.65. The van der Waals surface area contributed by atoms with E-state index in [1.807, 2.05) is 6.92 Å². The lowest BCUT2D eigenvalue weighted by atomic mass is 10.1. The molecule has 1 amide bonds. The van der Waals surface area contributed by atoms with Gasteiger partial charge in [-0.2, -0.15) is 0 Å². The Balaban J connectivity index is 2.25. The van der Waals surface area contributed by atoms with E-state index in [-0.39, 0.29) is 18.4 Å². The summed E-state index contributed by atoms with van der Waals surface area (Å²) < 4.78 is 0. The van der Waals surface area contributed by atoms with Crippen LogP contribution in [0.5, 0.6) is 0 Å². The summed E-state index contributed by atoms with van der Waals surface area (Å²) in [5.41, 5.74) is 5.73. The third-order valence-corrected chi connectivity index (χ3v) is 2.49. The van der Waals surface area contributed by atoms with E-state index in [9.17, 15) is 9.90 Å². The fraction of sp³-hybridized carbons (Fsp3) is 0.889. The summed E-state index contributed by atoms with van der Waals surface area (Å²) in [6.45, 7) is 3.20. The number of nitrogens with zero attached hydrogens (tertiary/aromatic N) is 1. The third-order valence-electron chi connectivity index (χ3n) is 2.49. The van der Waals surface area contributed by atoms with Crippen molar-refractivity contribution in [3.8, 4) is 0 Å². The van der Waals surface area contributed by atoms with Crippen LogP contribution in [0.1, 0.15) is 26.2 Å². The Labute approximate surface area is 78.7 Å². The zero-order valence-corrected chi connectivity index (χ0v) is 8.07. The summed E-state index contributed by atoms with van der Waals surface area (Å²) in [4.78, 5) is 12.9. The van der Waals surface area contributed by atoms with Crippen LogP contribution >= 0.6 is 0 Å². The van der Waals surface area contributed by atoms with E-state index in [0.717, 1.165) is 12.8 Å². The van der Waals surface area contributed by atoms with Crippen molar-refractivity contribution in [3.63, 3.8) is 0 Å². The Morgan fingerprint density at radius 1 is 1.77 bits per heavy atom. The molecule has 2 unspecified atom stereocenters. The van der Waals surface area contributed by atoms with Gasteiger partial charge in [0.25, 0.3) is 0 Å². The average molecular weight is 186 g/mol. The van der Waals surface area contributed by atoms with Crippen molar-refractivity contribution in [1.29, 1.82) is 0 Å². The van der Waals surface area contributed by atoms with Gasteiger partial charge in [-0.3, -0.25) is 4.79 Å². The predicted molar refractivity (Wildman–Crippen MR) is 50.1 cm³/mol. The lowest BCUT2D eigenvalue weighted by molar-refractivity contribution is -0.127. The molecule has 0 bridgehead atoms. The highest BCUT2D eigenvalue weighted by Gasteiger charge is 2.27. The number of carbonyl (C=O) groups is 1. The lowest BCUT2D eigenvalue weighted by Crippen LogP contribution is -2.31. The topological polar surface area (TPSA) is 66.6 Å². The van der Waals surface area contributed by atoms with Gasteiger partial charge in [0.15, 0.2) is 0 Å². The maximum absolute atomic E-state index is 11.2. The smallest absolute Gasteiger partial charge is 0.225 e. The molecule has 0 aromatic heterocycles. The number of hydrogen-bond donors (Lipinski definition) is 2. The number of rotatable bonds is 4. The average Bonchev–Trinajstić information content (AvgIpc) is 2.41. The van der Waals surface area contributed by atoms with Crippen molar-refractivity contribution in [2.45, 2.75) is 38.3 Å². The highest BCUT2D eigenvalue weighted by Crippen LogP contribution is 2.11. The van der Waals surface area contributed by atoms with Crippen molar-refractivity contribution in [2.24, 2.45) is 5.73 Å². The summed E-state index contributed by atoms with van der Waals surface area (Å²) in [6, 6.07) is 0.172. The van der Waals surface area contributed by atoms with Gasteiger partial charge in [0.1, 0.15) is 0 Å². The molecule has 0 aromatic rings. The molecule has 1 saturated heterocycles. The van der Waals surface area contributed by atoms with Gasteiger partial charge in [0.05, 0.1) is 12.5 Å². The standard InChI is InChI=1S/C9H18N2O2/c1-2-7(10)3-4-11-6-8(12)5-9(11)13/h7-8,12H,2-6,10H2,1H3. The van der Waals surface area contributed by atoms with Crippen molar-refractivity contribution < 1.29 is 9.90 Å². The van der Waals surface area contributed by atoms with Gasteiger partial charge in [-0.15, -0.1) is 0 Å². The lowest BCUT2D eigenvalue weighted by Gasteiger charge is -2.17. The van der Waals surface area contributed by atoms with E-state index < -0.39 is 6.10 Å². The molecule has 3 N–H and O–H groups in total. The molecule has 2 atom stereocenters. The molecule has 0 spiro atoms. The first-order valence-electron chi connectivity index (χ1n) is 4.85. The summed E-state index contributed by atoms with van der Waals surface area (Å²) >= 11 is 0. The van der Waals surface area contributed by atoms with E-state index in [1.54, 1.807) is 4.90 Å². The molecule has 0 aromatic carbocycles. The van der Waals surface area contributed by atoms with Gasteiger partial charge in [-0.1, -0.05) is 6.92 Å². The molecule has 1 aliphatic rings. The quantitative estimate of drug-likeness (QED) is 0.634. The minimum absolute atomic E-state index is 0.0517. The number of carbonyl (C=O) groups excluding carboxylic acids is 1. The SMILES string of the molecule is CCC(N)CCN1CC(O)CC1=O. The summed E-state index contributed by atoms with van der Waals surface area (Å²) in [5, 5.41) is 9.20. The summed E-state index contributed by atoms with van der Waals surface area (Å²) in [7, 11) is 0. The second-order valence-corrected chi connectivity index (χ2v) is 3.65. The van der Waals surface area contributed by atoms with Gasteiger partial charge in [-0.25, -0.2) is 0 Å². The van der Waals surface area contributed by atoms with Gasteiger partial charge >= 0.3 is 0 Å². The number of aliphatic hydroxyl groups is 1. The highest BCUT2D eigenvalue weighted by atomic mass is 16.3. The van der Waals surface area contributed by atoms with Crippen molar-refractivity contribution in [1.82, 2.24) is 4.90 Å². The van der Waals surface area contributed by atoms with E-state index in [2.05, 4.69) is 0 Å². The van der Waals surface area contributed by atoms with Crippen LogP contribution in [0.2, 0.25) is 0 Å². The zero-order chi connectivity index (χ0) is 9.84. The number of likely N-dealkylation sites (tertiary alicyclic amines) is 1. The van der Waals surface area contributed by atoms with Crippen molar-refractivity contribution in [3.05, 3.63) is 0 Å². The molecule has 1 fully saturated rings. The van der Waals surface area contributed by atoms with Crippen LogP contribution in [-0.2, 0) is 4.79 Å². The second kappa shape index (κ2) is 4.58. The number of aliphatic hydroxyl groups excluding tert-OH is 1. The Bertz CT molecular complexity index is 184. The molecule has 0 aliphatic carbocycles. The number of hydrogen-bond acceptors (Lipinski definition) is 3. The molecule has 1 heterocycles. The first kappa shape index (κ1) is 10.5. The monoisotopic (exact) mass is 186 g/mol. The molecule has 13 heavy (non-hydrogen) atoms. The van der Waals surface area contributed by atoms with Gasteiger partial charge in [0, 0.05) is 19.1 Å². The van der Waals surface area contributed by atoms with Gasteiger partial charge < -0.3 is 15.7 Å². The fourth-order valence-electron chi connectivity index (χ4n) is 1.49. The molecule has 4 heteroatoms. The van der Waals surface area contributed by atoms with Crippen LogP contribution in [0.3, 0.4) is 0 Å². The van der Waals surface area contributed by atoms with E-state index in [1.165, 1.54) is 0 Å². The van der Waals surface area contributed by atoms with Crippen LogP contribution in [0.4, 0.5) is 0 Å². The Morgan fingerprint density at radius 3 is 2.92 bits per heavy atom. The van der Waals surface area contributed by atoms with Crippen LogP contribution < -0.4 is 5.73 Å². The maximum atomic E-state index is 11.2. The molecular weight excluding hydrogens is 168 g/mol. The Hall–Kier alpha value is -0.610. The van der Waals surface area contributed by atoms with E-state index in [4.69, 9.17) is 5.73 Å². The van der Waals surface area contributed by atoms with Crippen LogP contribution in [0.15, 0.2) is 0 Å². The van der Waals surface area contributed by atoms with Gasteiger partial charge in [0.2, 0.25) is 5.91 Å². The minimum atomic E-state index is -0.467. The van der Waals surface area contributed by atoms with Crippen LogP contribution in [0.25, 0.3) is 0 Å². The molecule has 1 rings (SSSR count). The molecule has 76 valence electrons. The Morgan fingerprint density at radius 2 is 2.46 bits per heavy atom. The minimum Gasteiger partial charge on any atom is -0.391 e. The summed E-state index contributed by atoms with van der Waals surface area (Å²) in [6.07, 6.45) is 1.58. The zero-order valence-electron chi connectivity index (χ0n) is 8.07. The maximum Gasteiger partial charge on any atom is 0.225 e. The summed E-state index contributed by atoms with van der Waals surface area (Å²) in [5.74, 6) is 0.0517. The van der Waals surface area contributed by atoms with Gasteiger partial charge in [-0.05, 0) is 12.8 Å². The predicted octanol–water partition coefficient (Wildman–Crippen LogP) is -0.293. The molecule has 1 aliphatic heterocycles. The van der Waals surface area contributed by atoms with Crippen molar-refractivity contribution in [2.75, 3.05) is 13.1 Å². The highest BCUT2D eigenvalue weighted by molar-refractivity contribution is 5.78. The molecule has 4 nitrogen and oxygen atoms in total. The van der Waals surface area contributed by atoms with E-state index in [0.29, 0.717) is 13.1 Å². The largest absolute Gasteiger partial charge is 0.391 e. The van der Waals surface area contributed by atoms with E-state index >= 15 is 0 Å². The Kier molecular flexibility index (Phi) is 3.69. The first-order valence-corrected chi connectivity index (χ1v) is 4.85. The number of nitrogens with two attached hydrogens (primary N) is 1.